The van der Waals surface area contributed by atoms with E-state index in [0.717, 1.165) is 36.6 Å². The first kappa shape index (κ1) is 18.6. The number of anilines is 1. The lowest BCUT2D eigenvalue weighted by molar-refractivity contribution is -0.122. The molecule has 6 rings (SSSR count). The highest BCUT2D eigenvalue weighted by Crippen LogP contribution is 2.54. The Morgan fingerprint density at radius 1 is 1.00 bits per heavy atom. The zero-order valence-corrected chi connectivity index (χ0v) is 18.0. The second-order valence-electron chi connectivity index (χ2n) is 10.1. The van der Waals surface area contributed by atoms with E-state index >= 15 is 0 Å². The number of hydrogen-bond acceptors (Lipinski definition) is 3. The molecule has 3 aliphatic carbocycles. The fourth-order valence-electron chi connectivity index (χ4n) is 6.58. The maximum Gasteiger partial charge on any atom is 0.232 e. The topological polar surface area (TPSA) is 51.0 Å². The molecule has 0 saturated heterocycles. The van der Waals surface area contributed by atoms with Crippen LogP contribution < -0.4 is 4.90 Å². The van der Waals surface area contributed by atoms with Gasteiger partial charge in [0.05, 0.1) is 5.54 Å². The molecule has 2 heterocycles. The number of benzene rings is 1. The molecule has 3 fully saturated rings. The maximum atomic E-state index is 13.5. The summed E-state index contributed by atoms with van der Waals surface area (Å²) in [6.07, 6.45) is 13.1. The Bertz CT molecular complexity index is 969. The number of rotatable bonds is 2. The first-order chi connectivity index (χ1) is 14.7. The summed E-state index contributed by atoms with van der Waals surface area (Å²) in [5.74, 6) is 2.67. The molecule has 1 spiro atoms. The predicted molar refractivity (Wildman–Crippen MR) is 117 cm³/mol. The molecule has 5 heteroatoms. The third kappa shape index (κ3) is 2.70. The Morgan fingerprint density at radius 2 is 1.77 bits per heavy atom. The van der Waals surface area contributed by atoms with Crippen molar-refractivity contribution in [3.05, 3.63) is 29.8 Å². The van der Waals surface area contributed by atoms with Crippen molar-refractivity contribution in [2.45, 2.75) is 89.1 Å². The maximum absolute atomic E-state index is 13.5. The van der Waals surface area contributed by atoms with Gasteiger partial charge in [-0.05, 0) is 51.0 Å². The Labute approximate surface area is 178 Å². The molecule has 30 heavy (non-hydrogen) atoms. The van der Waals surface area contributed by atoms with Crippen molar-refractivity contribution in [1.29, 1.82) is 0 Å². The molecule has 0 radical (unpaired) electrons. The molecule has 1 aliphatic heterocycles. The molecule has 5 nitrogen and oxygen atoms in total. The monoisotopic (exact) mass is 404 g/mol. The minimum absolute atomic E-state index is 0.0485. The second kappa shape index (κ2) is 6.93. The van der Waals surface area contributed by atoms with Gasteiger partial charge >= 0.3 is 0 Å². The highest BCUT2D eigenvalue weighted by molar-refractivity contribution is 5.96. The van der Waals surface area contributed by atoms with E-state index < -0.39 is 0 Å². The standard InChI is InChI=1S/C25H32N4O/c1-17-9-3-4-10-19(17)22-26-24-28(23(30)18-13-14-18)21-12-6-5-11-20(21)25(29(24)27-22)15-7-2-8-16-25/h3-4,9-10,18,20-21H,2,5-8,11-16H2,1H3/t20-,21+/m1/s1. The van der Waals surface area contributed by atoms with Gasteiger partial charge in [-0.25, -0.2) is 4.68 Å². The number of carbonyl (C=O) groups is 1. The van der Waals surface area contributed by atoms with Crippen LogP contribution in [0.3, 0.4) is 0 Å². The molecular weight excluding hydrogens is 372 g/mol. The summed E-state index contributed by atoms with van der Waals surface area (Å²) >= 11 is 0. The number of amides is 1. The van der Waals surface area contributed by atoms with Crippen LogP contribution in [0.2, 0.25) is 0 Å². The van der Waals surface area contributed by atoms with Crippen molar-refractivity contribution in [2.75, 3.05) is 4.90 Å². The van der Waals surface area contributed by atoms with E-state index in [0.29, 0.717) is 17.9 Å². The number of aromatic nitrogens is 3. The fourth-order valence-corrected chi connectivity index (χ4v) is 6.58. The van der Waals surface area contributed by atoms with E-state index in [2.05, 4.69) is 40.8 Å². The molecule has 0 unspecified atom stereocenters. The van der Waals surface area contributed by atoms with Gasteiger partial charge < -0.3 is 0 Å². The Balaban J connectivity index is 1.55. The van der Waals surface area contributed by atoms with Gasteiger partial charge in [-0.15, -0.1) is 5.10 Å². The average molecular weight is 405 g/mol. The van der Waals surface area contributed by atoms with Crippen LogP contribution >= 0.6 is 0 Å². The lowest BCUT2D eigenvalue weighted by atomic mass is 9.64. The van der Waals surface area contributed by atoms with Gasteiger partial charge in [0.15, 0.2) is 5.82 Å². The highest BCUT2D eigenvalue weighted by Gasteiger charge is 2.56. The molecule has 2 atom stereocenters. The number of fused-ring (bicyclic) bond motifs is 4. The van der Waals surface area contributed by atoms with Crippen molar-refractivity contribution >= 4 is 11.9 Å². The SMILES string of the molecule is Cc1ccccc1-c1nc2n(n1)C1(CCCCC1)[C@@H]1CCCC[C@@H]1N2C(=O)C1CC1. The van der Waals surface area contributed by atoms with Gasteiger partial charge in [0.1, 0.15) is 0 Å². The summed E-state index contributed by atoms with van der Waals surface area (Å²) in [6.45, 7) is 2.12. The summed E-state index contributed by atoms with van der Waals surface area (Å²) in [6, 6.07) is 8.68. The molecular formula is C25H32N4O. The summed E-state index contributed by atoms with van der Waals surface area (Å²) in [5.41, 5.74) is 2.33. The molecule has 4 aliphatic rings. The lowest BCUT2D eigenvalue weighted by Crippen LogP contribution is -2.61. The molecule has 0 N–H and O–H groups in total. The highest BCUT2D eigenvalue weighted by atomic mass is 16.2. The predicted octanol–water partition coefficient (Wildman–Crippen LogP) is 5.23. The van der Waals surface area contributed by atoms with Gasteiger partial charge in [0.25, 0.3) is 0 Å². The minimum atomic E-state index is 0.0485. The van der Waals surface area contributed by atoms with Crippen molar-refractivity contribution in [3.63, 3.8) is 0 Å². The van der Waals surface area contributed by atoms with E-state index in [-0.39, 0.29) is 11.5 Å². The third-order valence-electron chi connectivity index (χ3n) is 8.25. The van der Waals surface area contributed by atoms with Gasteiger partial charge in [-0.3, -0.25) is 9.69 Å². The first-order valence-electron chi connectivity index (χ1n) is 12.1. The molecule has 0 bridgehead atoms. The van der Waals surface area contributed by atoms with Crippen LogP contribution in [-0.4, -0.2) is 26.7 Å². The van der Waals surface area contributed by atoms with Gasteiger partial charge in [0, 0.05) is 23.4 Å². The Morgan fingerprint density at radius 3 is 2.53 bits per heavy atom. The molecule has 1 aromatic heterocycles. The van der Waals surface area contributed by atoms with E-state index in [1.165, 1.54) is 56.9 Å². The van der Waals surface area contributed by atoms with Crippen LogP contribution in [0.25, 0.3) is 11.4 Å². The quantitative estimate of drug-likeness (QED) is 0.689. The van der Waals surface area contributed by atoms with Crippen LogP contribution in [0.1, 0.15) is 76.2 Å². The number of carbonyl (C=O) groups excluding carboxylic acids is 1. The van der Waals surface area contributed by atoms with Crippen LogP contribution in [0.5, 0.6) is 0 Å². The fraction of sp³-hybridized carbons (Fsp3) is 0.640. The van der Waals surface area contributed by atoms with Crippen LogP contribution in [0.15, 0.2) is 24.3 Å². The van der Waals surface area contributed by atoms with Crippen LogP contribution in [0, 0.1) is 18.8 Å². The van der Waals surface area contributed by atoms with E-state index in [4.69, 9.17) is 10.1 Å². The summed E-state index contributed by atoms with van der Waals surface area (Å²) in [5, 5.41) is 5.17. The number of hydrogen-bond donors (Lipinski definition) is 0. The lowest BCUT2D eigenvalue weighted by Gasteiger charge is -2.55. The zero-order valence-electron chi connectivity index (χ0n) is 18.0. The van der Waals surface area contributed by atoms with Gasteiger partial charge in [0.2, 0.25) is 11.9 Å². The van der Waals surface area contributed by atoms with Gasteiger partial charge in [-0.2, -0.15) is 4.98 Å². The second-order valence-corrected chi connectivity index (χ2v) is 10.1. The van der Waals surface area contributed by atoms with Crippen molar-refractivity contribution < 1.29 is 4.79 Å². The molecule has 1 aromatic carbocycles. The summed E-state index contributed by atoms with van der Waals surface area (Å²) in [7, 11) is 0. The minimum Gasteiger partial charge on any atom is -0.277 e. The Hall–Kier alpha value is -2.17. The van der Waals surface area contributed by atoms with Gasteiger partial charge in [-0.1, -0.05) is 56.4 Å². The van der Waals surface area contributed by atoms with E-state index in [1.807, 2.05) is 0 Å². The number of aryl methyl sites for hydroxylation is 1. The molecule has 3 saturated carbocycles. The largest absolute Gasteiger partial charge is 0.277 e. The first-order valence-corrected chi connectivity index (χ1v) is 12.1. The number of nitrogens with zero attached hydrogens (tertiary/aromatic N) is 4. The van der Waals surface area contributed by atoms with Crippen molar-refractivity contribution in [3.8, 4) is 11.4 Å². The summed E-state index contributed by atoms with van der Waals surface area (Å²) in [4.78, 5) is 20.7. The van der Waals surface area contributed by atoms with Crippen LogP contribution in [0.4, 0.5) is 5.95 Å². The average Bonchev–Trinajstić information content (AvgIpc) is 3.54. The van der Waals surface area contributed by atoms with Crippen molar-refractivity contribution in [1.82, 2.24) is 14.8 Å². The summed E-state index contributed by atoms with van der Waals surface area (Å²) < 4.78 is 2.25. The van der Waals surface area contributed by atoms with Crippen molar-refractivity contribution in [2.24, 2.45) is 11.8 Å². The van der Waals surface area contributed by atoms with E-state index in [9.17, 15) is 4.79 Å². The molecule has 1 amide bonds. The van der Waals surface area contributed by atoms with Crippen LogP contribution in [-0.2, 0) is 10.3 Å². The normalized spacial score (nSPS) is 27.6. The smallest absolute Gasteiger partial charge is 0.232 e. The van der Waals surface area contributed by atoms with E-state index in [1.54, 1.807) is 0 Å². The molecule has 2 aromatic rings. The molecule has 158 valence electrons. The third-order valence-corrected chi connectivity index (χ3v) is 8.25. The zero-order chi connectivity index (χ0) is 20.3. The Kier molecular flexibility index (Phi) is 4.29.